The van der Waals surface area contributed by atoms with Crippen LogP contribution in [0.4, 0.5) is 0 Å². The van der Waals surface area contributed by atoms with Gasteiger partial charge in [-0.05, 0) is 24.6 Å². The molecule has 0 aliphatic rings. The van der Waals surface area contributed by atoms with Crippen molar-refractivity contribution in [1.29, 1.82) is 0 Å². The number of aliphatic carboxylic acids is 1. The van der Waals surface area contributed by atoms with E-state index >= 15 is 0 Å². The number of hydrogen-bond acceptors (Lipinski definition) is 7. The maximum Gasteiger partial charge on any atom is 0.326 e. The fourth-order valence-corrected chi connectivity index (χ4v) is 2.19. The predicted octanol–water partition coefficient (Wildman–Crippen LogP) is -2.56. The molecule has 1 rings (SSSR count). The Kier molecular flexibility index (Phi) is 8.85. The van der Waals surface area contributed by atoms with Crippen molar-refractivity contribution in [1.82, 2.24) is 16.0 Å². The first-order valence-corrected chi connectivity index (χ1v) is 8.39. The minimum Gasteiger partial charge on any atom is -0.508 e. The summed E-state index contributed by atoms with van der Waals surface area (Å²) in [5, 5.41) is 34.5. The number of rotatable bonds is 10. The molecule has 0 heterocycles. The summed E-state index contributed by atoms with van der Waals surface area (Å²) in [5.41, 5.74) is 5.70. The van der Waals surface area contributed by atoms with Crippen LogP contribution in [0, 0.1) is 0 Å². The molecule has 0 aromatic heterocycles. The van der Waals surface area contributed by atoms with Crippen molar-refractivity contribution in [2.24, 2.45) is 5.73 Å². The number of hydrogen-bond donors (Lipinski definition) is 7. The van der Waals surface area contributed by atoms with E-state index in [4.69, 9.17) is 5.73 Å². The topological polar surface area (TPSA) is 191 Å². The van der Waals surface area contributed by atoms with Crippen LogP contribution in [-0.2, 0) is 25.6 Å². The van der Waals surface area contributed by atoms with Crippen LogP contribution in [0.1, 0.15) is 12.5 Å². The minimum absolute atomic E-state index is 0.0242. The number of aromatic hydroxyl groups is 1. The van der Waals surface area contributed by atoms with Crippen LogP contribution in [0.15, 0.2) is 24.3 Å². The molecular weight excluding hydrogens is 372 g/mol. The number of carboxylic acids is 1. The number of nitrogens with one attached hydrogen (secondary N) is 3. The van der Waals surface area contributed by atoms with Gasteiger partial charge in [-0.1, -0.05) is 12.1 Å². The van der Waals surface area contributed by atoms with Gasteiger partial charge in [0.25, 0.3) is 0 Å². The Morgan fingerprint density at radius 1 is 1.00 bits per heavy atom. The molecule has 3 unspecified atom stereocenters. The number of phenols is 1. The third-order valence-electron chi connectivity index (χ3n) is 3.76. The van der Waals surface area contributed by atoms with E-state index in [-0.39, 0.29) is 18.7 Å². The predicted molar refractivity (Wildman–Crippen MR) is 97.1 cm³/mol. The smallest absolute Gasteiger partial charge is 0.326 e. The first-order chi connectivity index (χ1) is 13.2. The largest absolute Gasteiger partial charge is 0.508 e. The van der Waals surface area contributed by atoms with E-state index in [1.807, 2.05) is 0 Å². The van der Waals surface area contributed by atoms with Gasteiger partial charge in [0.1, 0.15) is 23.9 Å². The van der Waals surface area contributed by atoms with Gasteiger partial charge in [0, 0.05) is 6.42 Å². The lowest BCUT2D eigenvalue weighted by atomic mass is 10.1. The standard InChI is InChI=1S/C17H24N4O7/c1-9(19-16(26)13(8-22)20-14(24)7-18)15(25)21-12(17(27)28)6-10-2-4-11(23)5-3-10/h2-5,9,12-13,22-23H,6-8,18H2,1H3,(H,19,26)(H,20,24)(H,21,25)(H,27,28). The molecule has 0 radical (unpaired) electrons. The van der Waals surface area contributed by atoms with Crippen LogP contribution in [0.2, 0.25) is 0 Å². The zero-order valence-corrected chi connectivity index (χ0v) is 15.2. The third kappa shape index (κ3) is 7.21. The molecule has 0 spiro atoms. The minimum atomic E-state index is -1.29. The van der Waals surface area contributed by atoms with Crippen LogP contribution in [0.3, 0.4) is 0 Å². The Balaban J connectivity index is 2.68. The van der Waals surface area contributed by atoms with Crippen LogP contribution < -0.4 is 21.7 Å². The summed E-state index contributed by atoms with van der Waals surface area (Å²) in [7, 11) is 0. The summed E-state index contributed by atoms with van der Waals surface area (Å²) in [5.74, 6) is -3.50. The molecule has 3 amide bonds. The maximum atomic E-state index is 12.2. The molecule has 0 saturated carbocycles. The van der Waals surface area contributed by atoms with Crippen LogP contribution >= 0.6 is 0 Å². The molecule has 0 bridgehead atoms. The second-order valence-electron chi connectivity index (χ2n) is 6.01. The zero-order chi connectivity index (χ0) is 21.3. The Morgan fingerprint density at radius 2 is 1.61 bits per heavy atom. The second kappa shape index (κ2) is 10.8. The van der Waals surface area contributed by atoms with E-state index < -0.39 is 48.4 Å². The highest BCUT2D eigenvalue weighted by Gasteiger charge is 2.26. The number of nitrogens with two attached hydrogens (primary N) is 1. The Bertz CT molecular complexity index is 708. The van der Waals surface area contributed by atoms with Gasteiger partial charge < -0.3 is 37.0 Å². The number of carbonyl (C=O) groups excluding carboxylic acids is 3. The van der Waals surface area contributed by atoms with Gasteiger partial charge in [-0.3, -0.25) is 14.4 Å². The van der Waals surface area contributed by atoms with Crippen LogP contribution in [-0.4, -0.2) is 70.3 Å². The van der Waals surface area contributed by atoms with Crippen molar-refractivity contribution < 1.29 is 34.5 Å². The summed E-state index contributed by atoms with van der Waals surface area (Å²) < 4.78 is 0. The Morgan fingerprint density at radius 3 is 2.11 bits per heavy atom. The van der Waals surface area contributed by atoms with Crippen molar-refractivity contribution >= 4 is 23.7 Å². The maximum absolute atomic E-state index is 12.2. The van der Waals surface area contributed by atoms with E-state index in [0.29, 0.717) is 5.56 Å². The number of phenolic OH excluding ortho intramolecular Hbond substituents is 1. The average molecular weight is 396 g/mol. The van der Waals surface area contributed by atoms with Crippen LogP contribution in [0.25, 0.3) is 0 Å². The molecule has 0 aliphatic heterocycles. The summed E-state index contributed by atoms with van der Waals surface area (Å²) >= 11 is 0. The van der Waals surface area contributed by atoms with Gasteiger partial charge >= 0.3 is 5.97 Å². The highest BCUT2D eigenvalue weighted by atomic mass is 16.4. The molecule has 1 aromatic rings. The normalized spacial score (nSPS) is 13.7. The van der Waals surface area contributed by atoms with Crippen molar-refractivity contribution in [2.75, 3.05) is 13.2 Å². The first kappa shape index (κ1) is 22.9. The summed E-state index contributed by atoms with van der Waals surface area (Å²) in [4.78, 5) is 46.9. The molecule has 1 aromatic carbocycles. The number of amides is 3. The van der Waals surface area contributed by atoms with Gasteiger partial charge in [-0.2, -0.15) is 0 Å². The van der Waals surface area contributed by atoms with E-state index in [2.05, 4.69) is 16.0 Å². The van der Waals surface area contributed by atoms with Crippen LogP contribution in [0.5, 0.6) is 5.75 Å². The molecule has 0 aliphatic carbocycles. The van der Waals surface area contributed by atoms with Crippen molar-refractivity contribution in [2.45, 2.75) is 31.5 Å². The zero-order valence-electron chi connectivity index (χ0n) is 15.2. The fourth-order valence-electron chi connectivity index (χ4n) is 2.19. The SMILES string of the molecule is CC(NC(=O)C(CO)NC(=O)CN)C(=O)NC(Cc1ccc(O)cc1)C(=O)O. The van der Waals surface area contributed by atoms with Gasteiger partial charge in [0.05, 0.1) is 13.2 Å². The van der Waals surface area contributed by atoms with E-state index in [0.717, 1.165) is 0 Å². The Hall–Kier alpha value is -3.18. The van der Waals surface area contributed by atoms with E-state index in [1.54, 1.807) is 0 Å². The molecule has 11 nitrogen and oxygen atoms in total. The number of carbonyl (C=O) groups is 4. The van der Waals surface area contributed by atoms with Crippen molar-refractivity contribution in [3.05, 3.63) is 29.8 Å². The number of carboxylic acid groups (broad SMARTS) is 1. The van der Waals surface area contributed by atoms with E-state index in [9.17, 15) is 34.5 Å². The quantitative estimate of drug-likeness (QED) is 0.225. The van der Waals surface area contributed by atoms with Crippen molar-refractivity contribution in [3.8, 4) is 5.75 Å². The summed E-state index contributed by atoms with van der Waals surface area (Å²) in [6.45, 7) is 0.244. The van der Waals surface area contributed by atoms with Gasteiger partial charge in [-0.25, -0.2) is 4.79 Å². The molecule has 28 heavy (non-hydrogen) atoms. The van der Waals surface area contributed by atoms with Gasteiger partial charge in [0.15, 0.2) is 0 Å². The van der Waals surface area contributed by atoms with E-state index in [1.165, 1.54) is 31.2 Å². The second-order valence-corrected chi connectivity index (χ2v) is 6.01. The average Bonchev–Trinajstić information content (AvgIpc) is 2.66. The lowest BCUT2D eigenvalue weighted by molar-refractivity contribution is -0.142. The molecule has 11 heteroatoms. The lowest BCUT2D eigenvalue weighted by Crippen LogP contribution is -2.56. The van der Waals surface area contributed by atoms with Gasteiger partial charge in [0.2, 0.25) is 17.7 Å². The lowest BCUT2D eigenvalue weighted by Gasteiger charge is -2.21. The third-order valence-corrected chi connectivity index (χ3v) is 3.76. The first-order valence-electron chi connectivity index (χ1n) is 8.39. The fraction of sp³-hybridized carbons (Fsp3) is 0.412. The number of aliphatic hydroxyl groups excluding tert-OH is 1. The molecule has 0 saturated heterocycles. The number of benzene rings is 1. The summed E-state index contributed by atoms with van der Waals surface area (Å²) in [6, 6.07) is 2.15. The Labute approximate surface area is 160 Å². The molecule has 3 atom stereocenters. The highest BCUT2D eigenvalue weighted by Crippen LogP contribution is 2.11. The summed E-state index contributed by atoms with van der Waals surface area (Å²) in [6.07, 6.45) is -0.0339. The monoisotopic (exact) mass is 396 g/mol. The highest BCUT2D eigenvalue weighted by molar-refractivity contribution is 5.93. The van der Waals surface area contributed by atoms with Crippen molar-refractivity contribution in [3.63, 3.8) is 0 Å². The van der Waals surface area contributed by atoms with Gasteiger partial charge in [-0.15, -0.1) is 0 Å². The molecule has 0 fully saturated rings. The molecular formula is C17H24N4O7. The molecule has 8 N–H and O–H groups in total. The number of aliphatic hydroxyl groups is 1. The molecule has 154 valence electrons.